The maximum atomic E-state index is 13.1. The zero-order chi connectivity index (χ0) is 20.6. The topological polar surface area (TPSA) is 88.6 Å². The molecular weight excluding hydrogens is 430 g/mol. The normalized spacial score (nSPS) is 14.4. The van der Waals surface area contributed by atoms with Gasteiger partial charge in [-0.1, -0.05) is 0 Å². The average molecular weight is 450 g/mol. The molecule has 1 aromatic carbocycles. The number of hydrogen-bond donors (Lipinski definition) is 1. The van der Waals surface area contributed by atoms with E-state index in [1.54, 1.807) is 36.8 Å². The molecule has 29 heavy (non-hydrogen) atoms. The lowest BCUT2D eigenvalue weighted by atomic mass is 10.2. The van der Waals surface area contributed by atoms with Gasteiger partial charge < -0.3 is 4.74 Å². The molecule has 0 saturated heterocycles. The maximum Gasteiger partial charge on any atom is 0.258 e. The number of aryl methyl sites for hydroxylation is 1. The summed E-state index contributed by atoms with van der Waals surface area (Å²) >= 11 is 2.77. The van der Waals surface area contributed by atoms with Gasteiger partial charge in [-0.25, -0.2) is 13.4 Å². The Hall–Kier alpha value is -2.27. The predicted octanol–water partition coefficient (Wildman–Crippen LogP) is 3.52. The smallest absolute Gasteiger partial charge is 0.258 e. The van der Waals surface area contributed by atoms with Crippen LogP contribution in [0.2, 0.25) is 0 Å². The molecule has 10 heteroatoms. The van der Waals surface area contributed by atoms with Gasteiger partial charge >= 0.3 is 0 Å². The molecule has 7 nitrogen and oxygen atoms in total. The van der Waals surface area contributed by atoms with E-state index in [1.807, 2.05) is 12.3 Å². The Labute approximate surface area is 177 Å². The van der Waals surface area contributed by atoms with Crippen LogP contribution in [0, 0.1) is 6.92 Å². The first-order valence-electron chi connectivity index (χ1n) is 8.85. The number of benzene rings is 1. The van der Waals surface area contributed by atoms with Crippen molar-refractivity contribution in [3.8, 4) is 5.75 Å². The Kier molecular flexibility index (Phi) is 5.43. The number of rotatable bonds is 5. The van der Waals surface area contributed by atoms with Crippen molar-refractivity contribution in [2.75, 3.05) is 19.0 Å². The van der Waals surface area contributed by atoms with Crippen molar-refractivity contribution in [3.05, 3.63) is 56.7 Å². The third-order valence-electron chi connectivity index (χ3n) is 4.70. The lowest BCUT2D eigenvalue weighted by Gasteiger charge is -2.25. The molecular formula is C19H19N3O4S3. The molecule has 4 rings (SSSR count). The molecule has 1 N–H and O–H groups in total. The van der Waals surface area contributed by atoms with Crippen LogP contribution in [0.1, 0.15) is 26.5 Å². The number of thiazole rings is 1. The van der Waals surface area contributed by atoms with Crippen LogP contribution in [-0.2, 0) is 23.0 Å². The summed E-state index contributed by atoms with van der Waals surface area (Å²) in [4.78, 5) is 17.8. The molecule has 0 fully saturated rings. The van der Waals surface area contributed by atoms with Gasteiger partial charge in [-0.3, -0.25) is 10.1 Å². The van der Waals surface area contributed by atoms with E-state index in [1.165, 1.54) is 27.0 Å². The predicted molar refractivity (Wildman–Crippen MR) is 113 cm³/mol. The molecule has 0 aliphatic carbocycles. The Bertz CT molecular complexity index is 1150. The summed E-state index contributed by atoms with van der Waals surface area (Å²) in [6, 6.07) is 6.61. The zero-order valence-corrected chi connectivity index (χ0v) is 18.3. The molecule has 2 aromatic heterocycles. The number of carbonyl (C=O) groups excluding carboxylic acids is 1. The first-order valence-corrected chi connectivity index (χ1v) is 12.1. The minimum absolute atomic E-state index is 0.212. The first-order chi connectivity index (χ1) is 13.9. The van der Waals surface area contributed by atoms with Crippen LogP contribution in [0.5, 0.6) is 5.75 Å². The number of nitrogens with one attached hydrogen (secondary N) is 1. The number of ether oxygens (including phenoxy) is 1. The van der Waals surface area contributed by atoms with Crippen molar-refractivity contribution in [2.24, 2.45) is 0 Å². The van der Waals surface area contributed by atoms with E-state index in [2.05, 4.69) is 10.3 Å². The molecule has 152 valence electrons. The van der Waals surface area contributed by atoms with Crippen molar-refractivity contribution in [1.82, 2.24) is 9.29 Å². The number of methoxy groups -OCH3 is 1. The number of carbonyl (C=O) groups is 1. The Morgan fingerprint density at radius 3 is 2.83 bits per heavy atom. The molecule has 0 bridgehead atoms. The molecule has 3 heterocycles. The number of fused-ring (bicyclic) bond motifs is 1. The number of nitrogens with zero attached hydrogens (tertiary/aromatic N) is 2. The van der Waals surface area contributed by atoms with Gasteiger partial charge in [-0.05, 0) is 42.1 Å². The highest BCUT2D eigenvalue weighted by atomic mass is 32.2. The molecule has 0 unspecified atom stereocenters. The highest BCUT2D eigenvalue weighted by molar-refractivity contribution is 7.89. The highest BCUT2D eigenvalue weighted by Crippen LogP contribution is 2.32. The first kappa shape index (κ1) is 20.0. The molecule has 1 amide bonds. The fraction of sp³-hybridized carbons (Fsp3) is 0.263. The van der Waals surface area contributed by atoms with Gasteiger partial charge in [0.1, 0.15) is 5.75 Å². The lowest BCUT2D eigenvalue weighted by Crippen LogP contribution is -2.35. The largest absolute Gasteiger partial charge is 0.496 e. The highest BCUT2D eigenvalue weighted by Gasteiger charge is 2.31. The number of anilines is 1. The molecule has 1 aliphatic rings. The van der Waals surface area contributed by atoms with E-state index in [0.29, 0.717) is 29.4 Å². The van der Waals surface area contributed by atoms with E-state index < -0.39 is 10.0 Å². The van der Waals surface area contributed by atoms with Crippen LogP contribution < -0.4 is 10.1 Å². The number of hydrogen-bond acceptors (Lipinski definition) is 7. The Morgan fingerprint density at radius 1 is 1.31 bits per heavy atom. The van der Waals surface area contributed by atoms with E-state index in [-0.39, 0.29) is 17.3 Å². The molecule has 0 spiro atoms. The number of sulfonamides is 1. The number of amides is 1. The van der Waals surface area contributed by atoms with Crippen LogP contribution in [0.3, 0.4) is 0 Å². The van der Waals surface area contributed by atoms with E-state index in [9.17, 15) is 13.2 Å². The Morgan fingerprint density at radius 2 is 2.14 bits per heavy atom. The van der Waals surface area contributed by atoms with E-state index in [4.69, 9.17) is 4.74 Å². The van der Waals surface area contributed by atoms with Crippen LogP contribution in [-0.4, -0.2) is 37.3 Å². The number of thiophene rings is 1. The third kappa shape index (κ3) is 3.93. The Balaban J connectivity index is 1.53. The second kappa shape index (κ2) is 7.86. The second-order valence-corrected chi connectivity index (χ2v) is 10.4. The van der Waals surface area contributed by atoms with Gasteiger partial charge in [0.2, 0.25) is 10.0 Å². The summed E-state index contributed by atoms with van der Waals surface area (Å²) in [5.74, 6) is 0.439. The summed E-state index contributed by atoms with van der Waals surface area (Å²) < 4.78 is 32.9. The monoisotopic (exact) mass is 449 g/mol. The van der Waals surface area contributed by atoms with Crippen molar-refractivity contribution in [1.29, 1.82) is 0 Å². The van der Waals surface area contributed by atoms with Gasteiger partial charge in [0.25, 0.3) is 5.91 Å². The van der Waals surface area contributed by atoms with Crippen molar-refractivity contribution in [2.45, 2.75) is 24.8 Å². The van der Waals surface area contributed by atoms with E-state index in [0.717, 1.165) is 16.1 Å². The quantitative estimate of drug-likeness (QED) is 0.644. The summed E-state index contributed by atoms with van der Waals surface area (Å²) in [5, 5.41) is 6.90. The SMILES string of the molecule is COc1ccc(S(=O)(=O)N2CCc3nc(NC(=O)c4ccsc4)sc3C2)cc1C. The van der Waals surface area contributed by atoms with Crippen LogP contribution in [0.15, 0.2) is 39.9 Å². The maximum absolute atomic E-state index is 13.1. The summed E-state index contributed by atoms with van der Waals surface area (Å²) in [7, 11) is -2.07. The van der Waals surface area contributed by atoms with Crippen molar-refractivity contribution in [3.63, 3.8) is 0 Å². The molecule has 0 saturated carbocycles. The fourth-order valence-corrected chi connectivity index (χ4v) is 6.39. The molecule has 3 aromatic rings. The summed E-state index contributed by atoms with van der Waals surface area (Å²) in [5.41, 5.74) is 2.19. The third-order valence-corrected chi connectivity index (χ3v) is 8.23. The van der Waals surface area contributed by atoms with E-state index >= 15 is 0 Å². The minimum atomic E-state index is -3.63. The van der Waals surface area contributed by atoms with Crippen LogP contribution >= 0.6 is 22.7 Å². The van der Waals surface area contributed by atoms with Gasteiger partial charge in [-0.2, -0.15) is 15.6 Å². The molecule has 0 radical (unpaired) electrons. The summed E-state index contributed by atoms with van der Waals surface area (Å²) in [6.45, 7) is 2.41. The van der Waals surface area contributed by atoms with Gasteiger partial charge in [0.15, 0.2) is 5.13 Å². The van der Waals surface area contributed by atoms with Crippen molar-refractivity contribution < 1.29 is 17.9 Å². The fourth-order valence-electron chi connectivity index (χ4n) is 3.15. The average Bonchev–Trinajstić information content (AvgIpc) is 3.36. The standard InChI is InChI=1S/C19H19N3O4S3/c1-12-9-14(3-4-16(12)26-2)29(24,25)22-7-5-15-17(10-22)28-19(20-15)21-18(23)13-6-8-27-11-13/h3-4,6,8-9,11H,5,7,10H2,1-2H3,(H,20,21,23). The molecule has 0 atom stereocenters. The minimum Gasteiger partial charge on any atom is -0.496 e. The van der Waals surface area contributed by atoms with Crippen LogP contribution in [0.4, 0.5) is 5.13 Å². The van der Waals surface area contributed by atoms with Gasteiger partial charge in [0, 0.05) is 23.2 Å². The summed E-state index contributed by atoms with van der Waals surface area (Å²) in [6.07, 6.45) is 0.508. The number of aromatic nitrogens is 1. The molecule has 1 aliphatic heterocycles. The van der Waals surface area contributed by atoms with Gasteiger partial charge in [-0.15, -0.1) is 11.3 Å². The lowest BCUT2D eigenvalue weighted by molar-refractivity contribution is 0.102. The van der Waals surface area contributed by atoms with Crippen LogP contribution in [0.25, 0.3) is 0 Å². The second-order valence-electron chi connectivity index (χ2n) is 6.58. The van der Waals surface area contributed by atoms with Crippen molar-refractivity contribution >= 4 is 43.7 Å². The zero-order valence-electron chi connectivity index (χ0n) is 15.8. The van der Waals surface area contributed by atoms with Gasteiger partial charge in [0.05, 0.1) is 29.8 Å².